The van der Waals surface area contributed by atoms with Crippen LogP contribution in [0.5, 0.6) is 0 Å². The first-order chi connectivity index (χ1) is 9.60. The van der Waals surface area contributed by atoms with Crippen LogP contribution >= 0.6 is 0 Å². The van der Waals surface area contributed by atoms with Crippen LogP contribution in [0.25, 0.3) is 0 Å². The first-order valence-electron chi connectivity index (χ1n) is 6.63. The van der Waals surface area contributed by atoms with Crippen LogP contribution in [0.4, 0.5) is 10.3 Å². The molecule has 1 atom stereocenters. The lowest BCUT2D eigenvalue weighted by Gasteiger charge is -2.15. The van der Waals surface area contributed by atoms with Gasteiger partial charge in [0.05, 0.1) is 18.8 Å². The van der Waals surface area contributed by atoms with Crippen molar-refractivity contribution in [2.24, 2.45) is 0 Å². The minimum Gasteiger partial charge on any atom is -0.383 e. The van der Waals surface area contributed by atoms with Crippen molar-refractivity contribution >= 4 is 5.95 Å². The standard InChI is InChI=1S/C15H20FN3O/c1-11-8-19(9-13-6-4-5-7-14(13)16)15(17-11)18-12(2)10-20-3/h4-8,12H,9-10H2,1-3H3,(H,17,18). The highest BCUT2D eigenvalue weighted by Crippen LogP contribution is 2.15. The Labute approximate surface area is 118 Å². The number of halogens is 1. The van der Waals surface area contributed by atoms with Gasteiger partial charge in [-0.15, -0.1) is 0 Å². The maximum Gasteiger partial charge on any atom is 0.203 e. The van der Waals surface area contributed by atoms with Gasteiger partial charge in [-0.25, -0.2) is 9.37 Å². The zero-order valence-corrected chi connectivity index (χ0v) is 12.1. The SMILES string of the molecule is COCC(C)Nc1nc(C)cn1Cc1ccccc1F. The van der Waals surface area contributed by atoms with Crippen LogP contribution in [-0.2, 0) is 11.3 Å². The summed E-state index contributed by atoms with van der Waals surface area (Å²) in [5.74, 6) is 0.532. The van der Waals surface area contributed by atoms with Crippen LogP contribution in [0.15, 0.2) is 30.5 Å². The molecule has 4 nitrogen and oxygen atoms in total. The monoisotopic (exact) mass is 277 g/mol. The minimum atomic E-state index is -0.199. The molecule has 1 heterocycles. The third-order valence-corrected chi connectivity index (χ3v) is 2.99. The highest BCUT2D eigenvalue weighted by atomic mass is 19.1. The Morgan fingerprint density at radius 1 is 1.40 bits per heavy atom. The molecule has 0 aliphatic carbocycles. The zero-order valence-electron chi connectivity index (χ0n) is 12.1. The number of aryl methyl sites for hydroxylation is 1. The largest absolute Gasteiger partial charge is 0.383 e. The van der Waals surface area contributed by atoms with E-state index in [2.05, 4.69) is 10.3 Å². The molecule has 0 spiro atoms. The van der Waals surface area contributed by atoms with Crippen LogP contribution < -0.4 is 5.32 Å². The van der Waals surface area contributed by atoms with Crippen molar-refractivity contribution in [1.82, 2.24) is 9.55 Å². The molecule has 0 fully saturated rings. The summed E-state index contributed by atoms with van der Waals surface area (Å²) in [6, 6.07) is 6.93. The van der Waals surface area contributed by atoms with Gasteiger partial charge in [0, 0.05) is 24.9 Å². The van der Waals surface area contributed by atoms with E-state index in [1.54, 1.807) is 19.2 Å². The van der Waals surface area contributed by atoms with Crippen LogP contribution in [-0.4, -0.2) is 29.3 Å². The van der Waals surface area contributed by atoms with Gasteiger partial charge in [0.2, 0.25) is 5.95 Å². The Bertz CT molecular complexity index is 568. The van der Waals surface area contributed by atoms with E-state index in [4.69, 9.17) is 4.74 Å². The first kappa shape index (κ1) is 14.5. The third kappa shape index (κ3) is 3.57. The second-order valence-corrected chi connectivity index (χ2v) is 4.93. The van der Waals surface area contributed by atoms with E-state index in [1.165, 1.54) is 6.07 Å². The molecule has 0 amide bonds. The first-order valence-corrected chi connectivity index (χ1v) is 6.63. The fourth-order valence-corrected chi connectivity index (χ4v) is 2.10. The Morgan fingerprint density at radius 2 is 2.15 bits per heavy atom. The number of aromatic nitrogens is 2. The molecule has 0 bridgehead atoms. The predicted molar refractivity (Wildman–Crippen MR) is 77.4 cm³/mol. The van der Waals surface area contributed by atoms with E-state index in [9.17, 15) is 4.39 Å². The van der Waals surface area contributed by atoms with Crippen molar-refractivity contribution < 1.29 is 9.13 Å². The summed E-state index contributed by atoms with van der Waals surface area (Å²) >= 11 is 0. The molecule has 0 saturated heterocycles. The summed E-state index contributed by atoms with van der Waals surface area (Å²) in [6.07, 6.45) is 1.91. The number of anilines is 1. The van der Waals surface area contributed by atoms with E-state index < -0.39 is 0 Å². The van der Waals surface area contributed by atoms with E-state index in [-0.39, 0.29) is 11.9 Å². The average molecular weight is 277 g/mol. The van der Waals surface area contributed by atoms with Crippen LogP contribution in [0.3, 0.4) is 0 Å². The van der Waals surface area contributed by atoms with Crippen molar-refractivity contribution in [3.63, 3.8) is 0 Å². The van der Waals surface area contributed by atoms with Crippen LogP contribution in [0.1, 0.15) is 18.2 Å². The van der Waals surface area contributed by atoms with Crippen molar-refractivity contribution in [3.05, 3.63) is 47.5 Å². The second-order valence-electron chi connectivity index (χ2n) is 4.93. The molecule has 2 rings (SSSR count). The van der Waals surface area contributed by atoms with Gasteiger partial charge in [-0.3, -0.25) is 0 Å². The van der Waals surface area contributed by atoms with Gasteiger partial charge in [-0.2, -0.15) is 0 Å². The summed E-state index contributed by atoms with van der Waals surface area (Å²) in [5, 5.41) is 3.28. The summed E-state index contributed by atoms with van der Waals surface area (Å²) in [6.45, 7) is 4.98. The van der Waals surface area contributed by atoms with E-state index in [0.717, 1.165) is 11.6 Å². The molecule has 1 aromatic heterocycles. The van der Waals surface area contributed by atoms with Crippen LogP contribution in [0, 0.1) is 12.7 Å². The molecule has 0 radical (unpaired) electrons. The third-order valence-electron chi connectivity index (χ3n) is 2.99. The van der Waals surface area contributed by atoms with Crippen molar-refractivity contribution in [3.8, 4) is 0 Å². The van der Waals surface area contributed by atoms with Gasteiger partial charge in [0.15, 0.2) is 0 Å². The summed E-state index contributed by atoms with van der Waals surface area (Å²) in [4.78, 5) is 4.43. The van der Waals surface area contributed by atoms with Gasteiger partial charge in [0.25, 0.3) is 0 Å². The number of rotatable bonds is 6. The number of nitrogens with one attached hydrogen (secondary N) is 1. The molecule has 5 heteroatoms. The van der Waals surface area contributed by atoms with Crippen molar-refractivity contribution in [1.29, 1.82) is 0 Å². The Morgan fingerprint density at radius 3 is 2.85 bits per heavy atom. The second kappa shape index (κ2) is 6.52. The molecule has 20 heavy (non-hydrogen) atoms. The van der Waals surface area contributed by atoms with E-state index >= 15 is 0 Å². The topological polar surface area (TPSA) is 39.1 Å². The Hall–Kier alpha value is -1.88. The molecule has 108 valence electrons. The molecule has 1 aromatic carbocycles. The highest BCUT2D eigenvalue weighted by molar-refractivity contribution is 5.32. The number of hydrogen-bond acceptors (Lipinski definition) is 3. The highest BCUT2D eigenvalue weighted by Gasteiger charge is 2.11. The molecule has 1 N–H and O–H groups in total. The lowest BCUT2D eigenvalue weighted by molar-refractivity contribution is 0.190. The quantitative estimate of drug-likeness (QED) is 0.882. The van der Waals surface area contributed by atoms with E-state index in [1.807, 2.05) is 30.7 Å². The molecule has 2 aromatic rings. The molecule has 1 unspecified atom stereocenters. The number of benzene rings is 1. The fraction of sp³-hybridized carbons (Fsp3) is 0.400. The molecule has 0 aliphatic heterocycles. The average Bonchev–Trinajstić information content (AvgIpc) is 2.72. The molecular weight excluding hydrogens is 257 g/mol. The number of hydrogen-bond donors (Lipinski definition) is 1. The number of methoxy groups -OCH3 is 1. The summed E-state index contributed by atoms with van der Waals surface area (Å²) in [7, 11) is 1.66. The minimum absolute atomic E-state index is 0.140. The smallest absolute Gasteiger partial charge is 0.203 e. The van der Waals surface area contributed by atoms with Gasteiger partial charge in [-0.05, 0) is 19.9 Å². The van der Waals surface area contributed by atoms with Gasteiger partial charge >= 0.3 is 0 Å². The fourth-order valence-electron chi connectivity index (χ4n) is 2.10. The Balaban J connectivity index is 2.17. The molecule has 0 aliphatic rings. The molecule has 0 saturated carbocycles. The normalized spacial score (nSPS) is 12.4. The summed E-state index contributed by atoms with van der Waals surface area (Å²) in [5.41, 5.74) is 1.54. The van der Waals surface area contributed by atoms with Gasteiger partial charge < -0.3 is 14.6 Å². The number of imidazole rings is 1. The summed E-state index contributed by atoms with van der Waals surface area (Å²) < 4.78 is 20.7. The maximum absolute atomic E-state index is 13.7. The number of nitrogens with zero attached hydrogens (tertiary/aromatic N) is 2. The van der Waals surface area contributed by atoms with Gasteiger partial charge in [-0.1, -0.05) is 18.2 Å². The Kier molecular flexibility index (Phi) is 4.74. The maximum atomic E-state index is 13.7. The van der Waals surface area contributed by atoms with Gasteiger partial charge in [0.1, 0.15) is 5.82 Å². The van der Waals surface area contributed by atoms with E-state index in [0.29, 0.717) is 18.7 Å². The lowest BCUT2D eigenvalue weighted by Crippen LogP contribution is -2.23. The van der Waals surface area contributed by atoms with Crippen molar-refractivity contribution in [2.75, 3.05) is 19.0 Å². The zero-order chi connectivity index (χ0) is 14.5. The lowest BCUT2D eigenvalue weighted by atomic mass is 10.2. The van der Waals surface area contributed by atoms with Crippen molar-refractivity contribution in [2.45, 2.75) is 26.4 Å². The predicted octanol–water partition coefficient (Wildman–Crippen LogP) is 2.83. The van der Waals surface area contributed by atoms with Crippen LogP contribution in [0.2, 0.25) is 0 Å². The number of ether oxygens (including phenoxy) is 1. The molecular formula is C15H20FN3O.